The van der Waals surface area contributed by atoms with E-state index >= 15 is 0 Å². The molecule has 0 spiro atoms. The van der Waals surface area contributed by atoms with Gasteiger partial charge >= 0.3 is 6.09 Å². The van der Waals surface area contributed by atoms with Gasteiger partial charge in [-0.15, -0.1) is 0 Å². The molecule has 6 nitrogen and oxygen atoms in total. The van der Waals surface area contributed by atoms with E-state index in [2.05, 4.69) is 16.0 Å². The Balaban J connectivity index is 1.99. The number of carbonyl (C=O) groups excluding carboxylic acids is 2. The molecule has 1 rings (SSSR count). The van der Waals surface area contributed by atoms with Crippen molar-refractivity contribution >= 4 is 12.0 Å². The molecule has 1 fully saturated rings. The first-order valence-corrected chi connectivity index (χ1v) is 7.84. The number of amides is 2. The fourth-order valence-electron chi connectivity index (χ4n) is 2.19. The highest BCUT2D eigenvalue weighted by Crippen LogP contribution is 2.09. The highest BCUT2D eigenvalue weighted by molar-refractivity contribution is 5.78. The van der Waals surface area contributed by atoms with Crippen molar-refractivity contribution in [2.75, 3.05) is 26.2 Å². The summed E-state index contributed by atoms with van der Waals surface area (Å²) in [5.41, 5.74) is -0.466. The van der Waals surface area contributed by atoms with E-state index in [1.165, 1.54) is 0 Å². The van der Waals surface area contributed by atoms with Gasteiger partial charge in [-0.05, 0) is 53.0 Å². The number of alkyl carbamates (subject to hydrolysis) is 1. The fraction of sp³-hybridized carbons (Fsp3) is 0.867. The maximum atomic E-state index is 11.9. The van der Waals surface area contributed by atoms with Gasteiger partial charge < -0.3 is 20.7 Å². The van der Waals surface area contributed by atoms with Crippen molar-refractivity contribution in [1.29, 1.82) is 0 Å². The van der Waals surface area contributed by atoms with Crippen LogP contribution in [0.4, 0.5) is 4.79 Å². The van der Waals surface area contributed by atoms with Crippen molar-refractivity contribution in [1.82, 2.24) is 16.0 Å². The summed E-state index contributed by atoms with van der Waals surface area (Å²) in [6.45, 7) is 8.53. The summed E-state index contributed by atoms with van der Waals surface area (Å²) in [5, 5.41) is 8.90. The molecule has 1 saturated heterocycles. The molecular formula is C15H29N3O3. The highest BCUT2D eigenvalue weighted by atomic mass is 16.6. The predicted octanol–water partition coefficient (Wildman–Crippen LogP) is 1.41. The highest BCUT2D eigenvalue weighted by Gasteiger charge is 2.20. The Morgan fingerprint density at radius 2 is 1.86 bits per heavy atom. The van der Waals surface area contributed by atoms with Gasteiger partial charge in [0.1, 0.15) is 5.60 Å². The van der Waals surface area contributed by atoms with Gasteiger partial charge in [-0.2, -0.15) is 0 Å². The molecule has 1 unspecified atom stereocenters. The van der Waals surface area contributed by atoms with Gasteiger partial charge in [0, 0.05) is 19.6 Å². The van der Waals surface area contributed by atoms with Gasteiger partial charge in [-0.3, -0.25) is 4.79 Å². The molecule has 1 aliphatic heterocycles. The lowest BCUT2D eigenvalue weighted by Crippen LogP contribution is -2.40. The van der Waals surface area contributed by atoms with Crippen LogP contribution in [0.1, 0.15) is 46.5 Å². The number of hydrogen-bond donors (Lipinski definition) is 3. The number of unbranched alkanes of at least 4 members (excludes halogenated alkanes) is 1. The maximum Gasteiger partial charge on any atom is 0.407 e. The summed E-state index contributed by atoms with van der Waals surface area (Å²) < 4.78 is 5.14. The Bertz CT molecular complexity index is 334. The van der Waals surface area contributed by atoms with Crippen LogP contribution in [0, 0.1) is 5.92 Å². The third-order valence-corrected chi connectivity index (χ3v) is 3.24. The Kier molecular flexibility index (Phi) is 7.50. The Labute approximate surface area is 127 Å². The minimum absolute atomic E-state index is 0.110. The third-order valence-electron chi connectivity index (χ3n) is 3.24. The summed E-state index contributed by atoms with van der Waals surface area (Å²) in [7, 11) is 0. The lowest BCUT2D eigenvalue weighted by atomic mass is 9.99. The summed E-state index contributed by atoms with van der Waals surface area (Å²) in [6, 6.07) is 0. The lowest BCUT2D eigenvalue weighted by molar-refractivity contribution is -0.125. The summed E-state index contributed by atoms with van der Waals surface area (Å²) >= 11 is 0. The van der Waals surface area contributed by atoms with Gasteiger partial charge in [0.15, 0.2) is 0 Å². The second-order valence-corrected chi connectivity index (χ2v) is 6.47. The molecule has 21 heavy (non-hydrogen) atoms. The van der Waals surface area contributed by atoms with E-state index in [1.54, 1.807) is 0 Å². The van der Waals surface area contributed by atoms with Crippen LogP contribution in [0.5, 0.6) is 0 Å². The summed E-state index contributed by atoms with van der Waals surface area (Å²) in [5.74, 6) is 0.251. The van der Waals surface area contributed by atoms with Gasteiger partial charge in [0.05, 0.1) is 5.92 Å². The van der Waals surface area contributed by atoms with Crippen LogP contribution in [0.25, 0.3) is 0 Å². The topological polar surface area (TPSA) is 79.5 Å². The molecule has 1 atom stereocenters. The standard InChI is InChI=1S/C15H29N3O3/c1-15(2,3)21-14(20)18-10-5-4-9-17-13(19)12-7-6-8-16-11-12/h12,16H,4-11H2,1-3H3,(H,17,19)(H,18,20). The van der Waals surface area contributed by atoms with Gasteiger partial charge in [-0.25, -0.2) is 4.79 Å². The van der Waals surface area contributed by atoms with Crippen molar-refractivity contribution in [3.63, 3.8) is 0 Å². The van der Waals surface area contributed by atoms with E-state index in [9.17, 15) is 9.59 Å². The molecule has 122 valence electrons. The van der Waals surface area contributed by atoms with E-state index in [0.29, 0.717) is 13.1 Å². The van der Waals surface area contributed by atoms with E-state index in [4.69, 9.17) is 4.74 Å². The number of nitrogens with one attached hydrogen (secondary N) is 3. The van der Waals surface area contributed by atoms with Crippen LogP contribution in [0.2, 0.25) is 0 Å². The van der Waals surface area contributed by atoms with Crippen molar-refractivity contribution in [2.45, 2.75) is 52.1 Å². The number of carbonyl (C=O) groups is 2. The van der Waals surface area contributed by atoms with E-state index < -0.39 is 5.60 Å². The normalized spacial score (nSPS) is 18.9. The van der Waals surface area contributed by atoms with E-state index in [0.717, 1.165) is 38.8 Å². The maximum absolute atomic E-state index is 11.9. The first-order valence-electron chi connectivity index (χ1n) is 7.84. The third kappa shape index (κ3) is 8.55. The van der Waals surface area contributed by atoms with Crippen molar-refractivity contribution in [3.8, 4) is 0 Å². The number of rotatable bonds is 6. The van der Waals surface area contributed by atoms with Gasteiger partial charge in [0.2, 0.25) is 5.91 Å². The zero-order chi connectivity index (χ0) is 15.7. The molecule has 2 amide bonds. The molecule has 0 aromatic rings. The predicted molar refractivity (Wildman–Crippen MR) is 82.1 cm³/mol. The smallest absolute Gasteiger partial charge is 0.407 e. The molecule has 0 saturated carbocycles. The Hall–Kier alpha value is -1.30. The fourth-order valence-corrected chi connectivity index (χ4v) is 2.19. The van der Waals surface area contributed by atoms with Crippen LogP contribution >= 0.6 is 0 Å². The van der Waals surface area contributed by atoms with Crippen molar-refractivity contribution in [2.24, 2.45) is 5.92 Å². The zero-order valence-corrected chi connectivity index (χ0v) is 13.5. The molecule has 0 aromatic carbocycles. The van der Waals surface area contributed by atoms with Crippen LogP contribution in [0.3, 0.4) is 0 Å². The molecule has 1 heterocycles. The minimum Gasteiger partial charge on any atom is -0.444 e. The second-order valence-electron chi connectivity index (χ2n) is 6.47. The van der Waals surface area contributed by atoms with Crippen LogP contribution < -0.4 is 16.0 Å². The van der Waals surface area contributed by atoms with Crippen molar-refractivity contribution in [3.05, 3.63) is 0 Å². The summed E-state index contributed by atoms with van der Waals surface area (Å²) in [6.07, 6.45) is 3.32. The second kappa shape index (κ2) is 8.87. The van der Waals surface area contributed by atoms with Crippen molar-refractivity contribution < 1.29 is 14.3 Å². The molecule has 0 aliphatic carbocycles. The molecule has 0 bridgehead atoms. The van der Waals surface area contributed by atoms with Crippen LogP contribution in [-0.2, 0) is 9.53 Å². The minimum atomic E-state index is -0.466. The monoisotopic (exact) mass is 299 g/mol. The number of ether oxygens (including phenoxy) is 1. The average Bonchev–Trinajstić information content (AvgIpc) is 2.41. The van der Waals surface area contributed by atoms with Gasteiger partial charge in [-0.1, -0.05) is 0 Å². The first kappa shape index (κ1) is 17.8. The molecular weight excluding hydrogens is 270 g/mol. The largest absolute Gasteiger partial charge is 0.444 e. The first-order chi connectivity index (χ1) is 9.88. The van der Waals surface area contributed by atoms with Crippen LogP contribution in [0.15, 0.2) is 0 Å². The number of hydrogen-bond acceptors (Lipinski definition) is 4. The molecule has 0 radical (unpaired) electrons. The molecule has 1 aliphatic rings. The number of piperidine rings is 1. The molecule has 6 heteroatoms. The Morgan fingerprint density at radius 3 is 2.43 bits per heavy atom. The quantitative estimate of drug-likeness (QED) is 0.648. The molecule has 0 aromatic heterocycles. The summed E-state index contributed by atoms with van der Waals surface area (Å²) in [4.78, 5) is 23.3. The average molecular weight is 299 g/mol. The lowest BCUT2D eigenvalue weighted by Gasteiger charge is -2.22. The molecule has 3 N–H and O–H groups in total. The Morgan fingerprint density at radius 1 is 1.19 bits per heavy atom. The SMILES string of the molecule is CC(C)(C)OC(=O)NCCCCNC(=O)C1CCCNC1. The van der Waals surface area contributed by atoms with Gasteiger partial charge in [0.25, 0.3) is 0 Å². The van der Waals surface area contributed by atoms with Crippen LogP contribution in [-0.4, -0.2) is 43.8 Å². The zero-order valence-electron chi connectivity index (χ0n) is 13.5. The van der Waals surface area contributed by atoms with E-state index in [-0.39, 0.29) is 17.9 Å². The van der Waals surface area contributed by atoms with E-state index in [1.807, 2.05) is 20.8 Å².